The molecule has 1 saturated heterocycles. The molecular formula is C19H17Cl2N3O4. The van der Waals surface area contributed by atoms with Crippen molar-refractivity contribution in [1.29, 1.82) is 0 Å². The highest BCUT2D eigenvalue weighted by molar-refractivity contribution is 6.33. The van der Waals surface area contributed by atoms with Crippen LogP contribution in [0.4, 0.5) is 11.4 Å². The van der Waals surface area contributed by atoms with Crippen molar-refractivity contribution in [3.63, 3.8) is 0 Å². The molecule has 1 fully saturated rings. The van der Waals surface area contributed by atoms with E-state index in [1.807, 2.05) is 0 Å². The van der Waals surface area contributed by atoms with Gasteiger partial charge < -0.3 is 10.2 Å². The minimum atomic E-state index is -0.600. The van der Waals surface area contributed by atoms with Gasteiger partial charge in [-0.3, -0.25) is 19.7 Å². The second kappa shape index (κ2) is 8.58. The molecule has 2 amide bonds. The summed E-state index contributed by atoms with van der Waals surface area (Å²) in [6, 6.07) is 11.0. The number of benzene rings is 2. The van der Waals surface area contributed by atoms with E-state index >= 15 is 0 Å². The molecule has 3 rings (SSSR count). The maximum absolute atomic E-state index is 12.6. The van der Waals surface area contributed by atoms with Gasteiger partial charge in [0.1, 0.15) is 5.02 Å². The van der Waals surface area contributed by atoms with Crippen molar-refractivity contribution in [2.24, 2.45) is 5.92 Å². The highest BCUT2D eigenvalue weighted by Gasteiger charge is 2.28. The molecule has 0 bridgehead atoms. The predicted octanol–water partition coefficient (Wildman–Crippen LogP) is 4.39. The van der Waals surface area contributed by atoms with Crippen molar-refractivity contribution in [1.82, 2.24) is 4.90 Å². The molecule has 1 heterocycles. The number of carbonyl (C=O) groups is 2. The quantitative estimate of drug-likeness (QED) is 0.584. The summed E-state index contributed by atoms with van der Waals surface area (Å²) >= 11 is 11.9. The molecule has 0 radical (unpaired) electrons. The molecule has 2 aromatic rings. The van der Waals surface area contributed by atoms with Crippen LogP contribution in [-0.2, 0) is 4.79 Å². The van der Waals surface area contributed by atoms with E-state index in [-0.39, 0.29) is 28.4 Å². The third-order valence-corrected chi connectivity index (χ3v) is 5.32. The summed E-state index contributed by atoms with van der Waals surface area (Å²) in [5.41, 5.74) is 0.496. The molecular weight excluding hydrogens is 405 g/mol. The number of hydrogen-bond donors (Lipinski definition) is 1. The number of nitro benzene ring substituents is 1. The summed E-state index contributed by atoms with van der Waals surface area (Å²) in [4.78, 5) is 37.1. The van der Waals surface area contributed by atoms with Crippen LogP contribution in [0.3, 0.4) is 0 Å². The molecule has 0 spiro atoms. The van der Waals surface area contributed by atoms with Crippen molar-refractivity contribution >= 4 is 46.4 Å². The van der Waals surface area contributed by atoms with E-state index in [2.05, 4.69) is 5.32 Å². The van der Waals surface area contributed by atoms with E-state index < -0.39 is 4.92 Å². The molecule has 2 aromatic carbocycles. The number of nitrogens with zero attached hydrogens (tertiary/aromatic N) is 2. The number of rotatable bonds is 4. The van der Waals surface area contributed by atoms with Gasteiger partial charge in [-0.2, -0.15) is 0 Å². The van der Waals surface area contributed by atoms with Crippen LogP contribution in [0, 0.1) is 16.0 Å². The van der Waals surface area contributed by atoms with Gasteiger partial charge in [0, 0.05) is 30.8 Å². The Labute approximate surface area is 171 Å². The first-order valence-corrected chi connectivity index (χ1v) is 9.41. The van der Waals surface area contributed by atoms with Gasteiger partial charge in [0.05, 0.1) is 15.5 Å². The SMILES string of the molecule is O=C(Nc1ccc(Cl)c([N+](=O)[O-])c1)C1CCN(C(=O)c2ccccc2Cl)CC1. The third kappa shape index (κ3) is 4.43. The van der Waals surface area contributed by atoms with Gasteiger partial charge in [0.25, 0.3) is 11.6 Å². The van der Waals surface area contributed by atoms with Crippen LogP contribution in [0.5, 0.6) is 0 Å². The average molecular weight is 422 g/mol. The van der Waals surface area contributed by atoms with E-state index in [4.69, 9.17) is 23.2 Å². The number of nitro groups is 1. The minimum absolute atomic E-state index is 0.00870. The summed E-state index contributed by atoms with van der Waals surface area (Å²) in [6.45, 7) is 0.867. The van der Waals surface area contributed by atoms with Crippen molar-refractivity contribution in [2.45, 2.75) is 12.8 Å². The molecule has 28 heavy (non-hydrogen) atoms. The van der Waals surface area contributed by atoms with E-state index in [0.717, 1.165) is 0 Å². The smallest absolute Gasteiger partial charge is 0.289 e. The Kier molecular flexibility index (Phi) is 6.16. The van der Waals surface area contributed by atoms with E-state index in [1.165, 1.54) is 18.2 Å². The van der Waals surface area contributed by atoms with Crippen LogP contribution in [0.15, 0.2) is 42.5 Å². The molecule has 1 aliphatic rings. The second-order valence-electron chi connectivity index (χ2n) is 6.46. The maximum atomic E-state index is 12.6. The van der Waals surface area contributed by atoms with Crippen LogP contribution in [0.2, 0.25) is 10.0 Å². The van der Waals surface area contributed by atoms with E-state index in [9.17, 15) is 19.7 Å². The highest BCUT2D eigenvalue weighted by Crippen LogP contribution is 2.28. The Balaban J connectivity index is 1.60. The number of piperidine rings is 1. The zero-order valence-electron chi connectivity index (χ0n) is 14.7. The van der Waals surface area contributed by atoms with Crippen molar-refractivity contribution in [3.8, 4) is 0 Å². The van der Waals surface area contributed by atoms with Gasteiger partial charge in [-0.25, -0.2) is 0 Å². The molecule has 0 aliphatic carbocycles. The normalized spacial score (nSPS) is 14.6. The minimum Gasteiger partial charge on any atom is -0.339 e. The summed E-state index contributed by atoms with van der Waals surface area (Å²) < 4.78 is 0. The van der Waals surface area contributed by atoms with Gasteiger partial charge in [0.15, 0.2) is 0 Å². The standard InChI is InChI=1S/C19H17Cl2N3O4/c20-15-4-2-1-3-14(15)19(26)23-9-7-12(8-10-23)18(25)22-13-5-6-16(21)17(11-13)24(27)28/h1-6,11-12H,7-10H2,(H,22,25). The van der Waals surface area contributed by atoms with E-state index in [1.54, 1.807) is 29.2 Å². The fourth-order valence-electron chi connectivity index (χ4n) is 3.12. The van der Waals surface area contributed by atoms with Crippen molar-refractivity contribution in [3.05, 3.63) is 68.2 Å². The number of nitrogens with one attached hydrogen (secondary N) is 1. The van der Waals surface area contributed by atoms with Crippen molar-refractivity contribution in [2.75, 3.05) is 18.4 Å². The van der Waals surface area contributed by atoms with Gasteiger partial charge in [0.2, 0.25) is 5.91 Å². The average Bonchev–Trinajstić information content (AvgIpc) is 2.69. The molecule has 0 saturated carbocycles. The number of halogens is 2. The zero-order chi connectivity index (χ0) is 20.3. The molecule has 146 valence electrons. The number of likely N-dealkylation sites (tertiary alicyclic amines) is 1. The Morgan fingerprint density at radius 3 is 2.39 bits per heavy atom. The topological polar surface area (TPSA) is 92.5 Å². The third-order valence-electron chi connectivity index (χ3n) is 4.67. The van der Waals surface area contributed by atoms with Gasteiger partial charge in [-0.05, 0) is 37.1 Å². The summed E-state index contributed by atoms with van der Waals surface area (Å²) in [7, 11) is 0. The summed E-state index contributed by atoms with van der Waals surface area (Å²) in [6.07, 6.45) is 0.995. The molecule has 1 aliphatic heterocycles. The number of hydrogen-bond acceptors (Lipinski definition) is 4. The second-order valence-corrected chi connectivity index (χ2v) is 7.27. The number of amides is 2. The summed E-state index contributed by atoms with van der Waals surface area (Å²) in [5.74, 6) is -0.677. The van der Waals surface area contributed by atoms with Crippen LogP contribution >= 0.6 is 23.2 Å². The molecule has 0 aromatic heterocycles. The van der Waals surface area contributed by atoms with E-state index in [0.29, 0.717) is 42.2 Å². The molecule has 0 unspecified atom stereocenters. The Morgan fingerprint density at radius 2 is 1.75 bits per heavy atom. The monoisotopic (exact) mass is 421 g/mol. The molecule has 7 nitrogen and oxygen atoms in total. The number of anilines is 1. The lowest BCUT2D eigenvalue weighted by Crippen LogP contribution is -2.41. The van der Waals surface area contributed by atoms with Crippen LogP contribution < -0.4 is 5.32 Å². The first kappa shape index (κ1) is 20.1. The van der Waals surface area contributed by atoms with Gasteiger partial charge >= 0.3 is 0 Å². The lowest BCUT2D eigenvalue weighted by atomic mass is 9.95. The number of carbonyl (C=O) groups excluding carboxylic acids is 2. The fraction of sp³-hybridized carbons (Fsp3) is 0.263. The van der Waals surface area contributed by atoms with Gasteiger partial charge in [-0.1, -0.05) is 35.3 Å². The predicted molar refractivity (Wildman–Crippen MR) is 107 cm³/mol. The van der Waals surface area contributed by atoms with Crippen molar-refractivity contribution < 1.29 is 14.5 Å². The van der Waals surface area contributed by atoms with Gasteiger partial charge in [-0.15, -0.1) is 0 Å². The molecule has 0 atom stereocenters. The Bertz CT molecular complexity index is 927. The Hall–Kier alpha value is -2.64. The highest BCUT2D eigenvalue weighted by atomic mass is 35.5. The lowest BCUT2D eigenvalue weighted by Gasteiger charge is -2.31. The van der Waals surface area contributed by atoms with Crippen LogP contribution in [-0.4, -0.2) is 34.7 Å². The first-order chi connectivity index (χ1) is 13.4. The summed E-state index contributed by atoms with van der Waals surface area (Å²) in [5, 5.41) is 14.1. The van der Waals surface area contributed by atoms with Crippen LogP contribution in [0.1, 0.15) is 23.2 Å². The molecule has 1 N–H and O–H groups in total. The maximum Gasteiger partial charge on any atom is 0.289 e. The zero-order valence-corrected chi connectivity index (χ0v) is 16.2. The first-order valence-electron chi connectivity index (χ1n) is 8.65. The fourth-order valence-corrected chi connectivity index (χ4v) is 3.53. The Morgan fingerprint density at radius 1 is 1.07 bits per heavy atom. The lowest BCUT2D eigenvalue weighted by molar-refractivity contribution is -0.384. The molecule has 9 heteroatoms. The van der Waals surface area contributed by atoms with Crippen LogP contribution in [0.25, 0.3) is 0 Å². The largest absolute Gasteiger partial charge is 0.339 e.